The van der Waals surface area contributed by atoms with E-state index in [-0.39, 0.29) is 5.41 Å². The predicted molar refractivity (Wildman–Crippen MR) is 53.1 cm³/mol. The van der Waals surface area contributed by atoms with Crippen LogP contribution in [0.15, 0.2) is 0 Å². The quantitative estimate of drug-likeness (QED) is 0.561. The molecular weight excluding hydrogens is 158 g/mol. The molecule has 0 spiro atoms. The molecule has 0 amide bonds. The first kappa shape index (κ1) is 9.06. The molecule has 0 bridgehead atoms. The molecule has 2 aliphatic rings. The molecular formula is C12H19N. The van der Waals surface area contributed by atoms with Gasteiger partial charge in [-0.2, -0.15) is 5.26 Å². The second kappa shape index (κ2) is 3.70. The molecule has 0 unspecified atom stereocenters. The van der Waals surface area contributed by atoms with Crippen molar-refractivity contribution in [2.45, 2.75) is 57.8 Å². The number of nitriles is 1. The van der Waals surface area contributed by atoms with Crippen LogP contribution >= 0.6 is 0 Å². The Morgan fingerprint density at radius 1 is 0.923 bits per heavy atom. The molecule has 0 aliphatic heterocycles. The number of hydrogen-bond acceptors (Lipinski definition) is 1. The Hall–Kier alpha value is -0.510. The highest BCUT2D eigenvalue weighted by Gasteiger charge is 2.43. The van der Waals surface area contributed by atoms with Gasteiger partial charge in [-0.1, -0.05) is 32.1 Å². The molecule has 0 N–H and O–H groups in total. The molecule has 0 aromatic heterocycles. The first-order chi connectivity index (χ1) is 6.37. The van der Waals surface area contributed by atoms with Crippen LogP contribution in [0.4, 0.5) is 0 Å². The third kappa shape index (κ3) is 1.59. The van der Waals surface area contributed by atoms with Crippen LogP contribution in [0.3, 0.4) is 0 Å². The predicted octanol–water partition coefficient (Wildman–Crippen LogP) is 3.65. The van der Waals surface area contributed by atoms with Gasteiger partial charge in [0.1, 0.15) is 0 Å². The van der Waals surface area contributed by atoms with E-state index in [0.717, 1.165) is 5.92 Å². The molecule has 0 aromatic carbocycles. The lowest BCUT2D eigenvalue weighted by Gasteiger charge is -2.42. The van der Waals surface area contributed by atoms with Crippen molar-refractivity contribution >= 4 is 0 Å². The maximum atomic E-state index is 9.23. The summed E-state index contributed by atoms with van der Waals surface area (Å²) < 4.78 is 0. The molecule has 1 nitrogen and oxygen atoms in total. The van der Waals surface area contributed by atoms with Crippen LogP contribution in [-0.4, -0.2) is 0 Å². The summed E-state index contributed by atoms with van der Waals surface area (Å²) in [5.74, 6) is 0.744. The van der Waals surface area contributed by atoms with Gasteiger partial charge in [-0.05, 0) is 31.6 Å². The summed E-state index contributed by atoms with van der Waals surface area (Å²) in [5, 5.41) is 9.23. The third-order valence-electron chi connectivity index (χ3n) is 4.11. The summed E-state index contributed by atoms with van der Waals surface area (Å²) in [6, 6.07) is 2.61. The normalized spacial score (nSPS) is 28.5. The van der Waals surface area contributed by atoms with Crippen LogP contribution in [-0.2, 0) is 0 Å². The van der Waals surface area contributed by atoms with Crippen LogP contribution in [0.25, 0.3) is 0 Å². The molecule has 0 radical (unpaired) electrons. The van der Waals surface area contributed by atoms with E-state index in [9.17, 15) is 5.26 Å². The Morgan fingerprint density at radius 2 is 1.54 bits per heavy atom. The average Bonchev–Trinajstić information content (AvgIpc) is 2.32. The summed E-state index contributed by atoms with van der Waals surface area (Å²) in [6.45, 7) is 0. The zero-order valence-electron chi connectivity index (χ0n) is 8.39. The minimum absolute atomic E-state index is 0.129. The molecule has 0 heterocycles. The topological polar surface area (TPSA) is 23.8 Å². The van der Waals surface area contributed by atoms with Crippen molar-refractivity contribution in [3.63, 3.8) is 0 Å². The maximum absolute atomic E-state index is 9.23. The van der Waals surface area contributed by atoms with Gasteiger partial charge in [-0.25, -0.2) is 0 Å². The second-order valence-corrected chi connectivity index (χ2v) is 4.81. The molecule has 0 atom stereocenters. The fraction of sp³-hybridized carbons (Fsp3) is 0.917. The van der Waals surface area contributed by atoms with Crippen molar-refractivity contribution in [3.05, 3.63) is 0 Å². The standard InChI is InChI=1S/C12H19N/c13-10-12(8-5-9-12)11-6-3-1-2-4-7-11/h11H,1-9H2. The summed E-state index contributed by atoms with van der Waals surface area (Å²) in [7, 11) is 0. The van der Waals surface area contributed by atoms with E-state index in [1.165, 1.54) is 57.8 Å². The average molecular weight is 177 g/mol. The van der Waals surface area contributed by atoms with E-state index in [2.05, 4.69) is 6.07 Å². The largest absolute Gasteiger partial charge is 0.198 e. The van der Waals surface area contributed by atoms with Crippen LogP contribution in [0, 0.1) is 22.7 Å². The van der Waals surface area contributed by atoms with Crippen molar-refractivity contribution in [1.29, 1.82) is 5.26 Å². The molecule has 2 aliphatic carbocycles. The summed E-state index contributed by atoms with van der Waals surface area (Å²) in [4.78, 5) is 0. The highest BCUT2D eigenvalue weighted by atomic mass is 14.5. The Bertz CT molecular complexity index is 202. The lowest BCUT2D eigenvalue weighted by Crippen LogP contribution is -2.35. The van der Waals surface area contributed by atoms with E-state index < -0.39 is 0 Å². The van der Waals surface area contributed by atoms with E-state index in [0.29, 0.717) is 0 Å². The van der Waals surface area contributed by atoms with E-state index in [1.54, 1.807) is 0 Å². The lowest BCUT2D eigenvalue weighted by atomic mass is 9.60. The van der Waals surface area contributed by atoms with Crippen LogP contribution in [0.1, 0.15) is 57.8 Å². The van der Waals surface area contributed by atoms with Gasteiger partial charge in [0.15, 0.2) is 0 Å². The fourth-order valence-electron chi connectivity index (χ4n) is 3.00. The van der Waals surface area contributed by atoms with Crippen molar-refractivity contribution in [1.82, 2.24) is 0 Å². The van der Waals surface area contributed by atoms with Crippen molar-refractivity contribution in [2.24, 2.45) is 11.3 Å². The Morgan fingerprint density at radius 3 is 1.92 bits per heavy atom. The molecule has 72 valence electrons. The number of hydrogen-bond donors (Lipinski definition) is 0. The van der Waals surface area contributed by atoms with Gasteiger partial charge in [0, 0.05) is 0 Å². The van der Waals surface area contributed by atoms with Crippen LogP contribution in [0.5, 0.6) is 0 Å². The monoisotopic (exact) mass is 177 g/mol. The molecule has 0 saturated heterocycles. The van der Waals surface area contributed by atoms with Crippen LogP contribution < -0.4 is 0 Å². The Balaban J connectivity index is 2.01. The molecule has 0 aromatic rings. The minimum atomic E-state index is 0.129. The van der Waals surface area contributed by atoms with E-state index in [4.69, 9.17) is 0 Å². The molecule has 2 rings (SSSR count). The first-order valence-corrected chi connectivity index (χ1v) is 5.79. The third-order valence-corrected chi connectivity index (χ3v) is 4.11. The van der Waals surface area contributed by atoms with Gasteiger partial charge in [-0.15, -0.1) is 0 Å². The smallest absolute Gasteiger partial charge is 0.0692 e. The van der Waals surface area contributed by atoms with E-state index in [1.807, 2.05) is 0 Å². The number of nitrogens with zero attached hydrogens (tertiary/aromatic N) is 1. The highest BCUT2D eigenvalue weighted by molar-refractivity contribution is 5.08. The zero-order chi connectivity index (χ0) is 9.15. The zero-order valence-corrected chi connectivity index (χ0v) is 8.39. The lowest BCUT2D eigenvalue weighted by molar-refractivity contribution is 0.104. The Labute approximate surface area is 81.1 Å². The van der Waals surface area contributed by atoms with Crippen molar-refractivity contribution < 1.29 is 0 Å². The first-order valence-electron chi connectivity index (χ1n) is 5.79. The fourth-order valence-corrected chi connectivity index (χ4v) is 3.00. The van der Waals surface area contributed by atoms with Crippen LogP contribution in [0.2, 0.25) is 0 Å². The number of rotatable bonds is 1. The van der Waals surface area contributed by atoms with Gasteiger partial charge < -0.3 is 0 Å². The van der Waals surface area contributed by atoms with Gasteiger partial charge >= 0.3 is 0 Å². The van der Waals surface area contributed by atoms with Gasteiger partial charge in [0.25, 0.3) is 0 Å². The summed E-state index contributed by atoms with van der Waals surface area (Å²) in [5.41, 5.74) is 0.129. The SMILES string of the molecule is N#CC1(C2CCCCCC2)CCC1. The Kier molecular flexibility index (Phi) is 2.58. The highest BCUT2D eigenvalue weighted by Crippen LogP contribution is 2.50. The molecule has 2 fully saturated rings. The minimum Gasteiger partial charge on any atom is -0.198 e. The molecule has 13 heavy (non-hydrogen) atoms. The summed E-state index contributed by atoms with van der Waals surface area (Å²) in [6.07, 6.45) is 11.9. The van der Waals surface area contributed by atoms with Crippen molar-refractivity contribution in [2.75, 3.05) is 0 Å². The second-order valence-electron chi connectivity index (χ2n) is 4.81. The van der Waals surface area contributed by atoms with E-state index >= 15 is 0 Å². The maximum Gasteiger partial charge on any atom is 0.0692 e. The van der Waals surface area contributed by atoms with Gasteiger partial charge in [-0.3, -0.25) is 0 Å². The van der Waals surface area contributed by atoms with Crippen molar-refractivity contribution in [3.8, 4) is 6.07 Å². The summed E-state index contributed by atoms with van der Waals surface area (Å²) >= 11 is 0. The molecule has 1 heteroatoms. The van der Waals surface area contributed by atoms with Gasteiger partial charge in [0.05, 0.1) is 11.5 Å². The van der Waals surface area contributed by atoms with Gasteiger partial charge in [0.2, 0.25) is 0 Å². The molecule has 2 saturated carbocycles.